The summed E-state index contributed by atoms with van der Waals surface area (Å²) in [6, 6.07) is 10.3. The maximum absolute atomic E-state index is 13.4. The lowest BCUT2D eigenvalue weighted by molar-refractivity contribution is -0.151. The largest absolute Gasteiger partial charge is 0.458 e. The lowest BCUT2D eigenvalue weighted by atomic mass is 9.84. The molecule has 2 aromatic rings. The molecule has 1 saturated carbocycles. The van der Waals surface area contributed by atoms with Crippen LogP contribution in [0.3, 0.4) is 0 Å². The molecule has 2 fully saturated rings. The van der Waals surface area contributed by atoms with Gasteiger partial charge in [-0.15, -0.1) is 0 Å². The van der Waals surface area contributed by atoms with Gasteiger partial charge in [0.05, 0.1) is 23.7 Å². The smallest absolute Gasteiger partial charge is 0.307 e. The van der Waals surface area contributed by atoms with Crippen LogP contribution in [0.4, 0.5) is 0 Å². The van der Waals surface area contributed by atoms with Gasteiger partial charge in [-0.05, 0) is 32.1 Å². The molecule has 5 rings (SSSR count). The molecule has 1 saturated heterocycles. The second-order valence-electron chi connectivity index (χ2n) is 8.59. The first-order chi connectivity index (χ1) is 14.1. The zero-order chi connectivity index (χ0) is 20.0. The number of fused-ring (bicyclic) bond motifs is 1. The van der Waals surface area contributed by atoms with Crippen molar-refractivity contribution in [1.29, 1.82) is 0 Å². The molecule has 6 heteroatoms. The van der Waals surface area contributed by atoms with Crippen LogP contribution in [0.25, 0.3) is 11.3 Å². The van der Waals surface area contributed by atoms with Gasteiger partial charge in [-0.3, -0.25) is 14.3 Å². The SMILES string of the molecule is Cn1nc2c(c1-c1ccccc1)CCN(C(=O)C1CC(=O)OC13CCCC3)CC2. The lowest BCUT2D eigenvalue weighted by Gasteiger charge is -2.32. The van der Waals surface area contributed by atoms with Gasteiger partial charge in [0.1, 0.15) is 5.60 Å². The van der Waals surface area contributed by atoms with Crippen LogP contribution in [-0.4, -0.2) is 45.2 Å². The van der Waals surface area contributed by atoms with Crippen LogP contribution in [0, 0.1) is 5.92 Å². The first-order valence-electron chi connectivity index (χ1n) is 10.7. The topological polar surface area (TPSA) is 64.4 Å². The third kappa shape index (κ3) is 3.05. The molecule has 152 valence electrons. The van der Waals surface area contributed by atoms with E-state index in [0.29, 0.717) is 13.1 Å². The highest BCUT2D eigenvalue weighted by atomic mass is 16.6. The summed E-state index contributed by atoms with van der Waals surface area (Å²) < 4.78 is 7.67. The molecule has 1 aromatic carbocycles. The molecule has 0 bridgehead atoms. The fourth-order valence-electron chi connectivity index (χ4n) is 5.51. The molecular formula is C23H27N3O3. The van der Waals surface area contributed by atoms with Crippen molar-refractivity contribution in [3.63, 3.8) is 0 Å². The third-order valence-electron chi connectivity index (χ3n) is 6.91. The van der Waals surface area contributed by atoms with E-state index in [0.717, 1.165) is 55.5 Å². The van der Waals surface area contributed by atoms with Crippen molar-refractivity contribution in [3.05, 3.63) is 41.6 Å². The van der Waals surface area contributed by atoms with E-state index in [1.165, 1.54) is 5.56 Å². The van der Waals surface area contributed by atoms with Gasteiger partial charge in [-0.2, -0.15) is 5.10 Å². The molecule has 1 amide bonds. The quantitative estimate of drug-likeness (QED) is 0.736. The van der Waals surface area contributed by atoms with Crippen LogP contribution < -0.4 is 0 Å². The second kappa shape index (κ2) is 7.01. The summed E-state index contributed by atoms with van der Waals surface area (Å²) in [5.74, 6) is -0.437. The number of benzene rings is 1. The Morgan fingerprint density at radius 3 is 2.62 bits per heavy atom. The Bertz CT molecular complexity index is 944. The maximum Gasteiger partial charge on any atom is 0.307 e. The Kier molecular flexibility index (Phi) is 4.45. The van der Waals surface area contributed by atoms with Gasteiger partial charge in [0, 0.05) is 37.7 Å². The Balaban J connectivity index is 1.38. The van der Waals surface area contributed by atoms with Gasteiger partial charge >= 0.3 is 5.97 Å². The second-order valence-corrected chi connectivity index (χ2v) is 8.59. The highest BCUT2D eigenvalue weighted by Gasteiger charge is 2.54. The van der Waals surface area contributed by atoms with Crippen LogP contribution in [0.2, 0.25) is 0 Å². The van der Waals surface area contributed by atoms with Crippen LogP contribution in [0.1, 0.15) is 43.4 Å². The Hall–Kier alpha value is -2.63. The van der Waals surface area contributed by atoms with E-state index in [1.807, 2.05) is 34.8 Å². The molecule has 0 N–H and O–H groups in total. The summed E-state index contributed by atoms with van der Waals surface area (Å²) in [7, 11) is 1.99. The molecule has 1 aliphatic carbocycles. The van der Waals surface area contributed by atoms with Crippen molar-refractivity contribution >= 4 is 11.9 Å². The average Bonchev–Trinajstić information content (AvgIpc) is 3.36. The highest BCUT2D eigenvalue weighted by molar-refractivity contribution is 5.88. The molecule has 6 nitrogen and oxygen atoms in total. The first-order valence-corrected chi connectivity index (χ1v) is 10.7. The Labute approximate surface area is 170 Å². The van der Waals surface area contributed by atoms with Crippen LogP contribution in [0.5, 0.6) is 0 Å². The van der Waals surface area contributed by atoms with Gasteiger partial charge in [0.2, 0.25) is 5.91 Å². The van der Waals surface area contributed by atoms with Crippen molar-refractivity contribution in [2.24, 2.45) is 13.0 Å². The van der Waals surface area contributed by atoms with Crippen LogP contribution in [0.15, 0.2) is 30.3 Å². The number of amides is 1. The molecule has 3 aliphatic rings. The van der Waals surface area contributed by atoms with E-state index in [-0.39, 0.29) is 24.2 Å². The summed E-state index contributed by atoms with van der Waals surface area (Å²) in [5, 5.41) is 4.76. The highest BCUT2D eigenvalue weighted by Crippen LogP contribution is 2.46. The fraction of sp³-hybridized carbons (Fsp3) is 0.522. The van der Waals surface area contributed by atoms with Crippen molar-refractivity contribution in [2.45, 2.75) is 50.5 Å². The number of carbonyl (C=O) groups excluding carboxylic acids is 2. The number of aryl methyl sites for hydroxylation is 1. The number of hydrogen-bond acceptors (Lipinski definition) is 4. The van der Waals surface area contributed by atoms with Crippen molar-refractivity contribution in [2.75, 3.05) is 13.1 Å². The number of hydrogen-bond donors (Lipinski definition) is 0. The van der Waals surface area contributed by atoms with Gasteiger partial charge in [-0.1, -0.05) is 30.3 Å². The predicted molar refractivity (Wildman–Crippen MR) is 108 cm³/mol. The number of aromatic nitrogens is 2. The zero-order valence-corrected chi connectivity index (χ0v) is 16.9. The molecule has 1 spiro atoms. The summed E-state index contributed by atoms with van der Waals surface area (Å²) in [4.78, 5) is 27.4. The van der Waals surface area contributed by atoms with E-state index >= 15 is 0 Å². The lowest BCUT2D eigenvalue weighted by Crippen LogP contribution is -2.45. The number of rotatable bonds is 2. The fourth-order valence-corrected chi connectivity index (χ4v) is 5.51. The van der Waals surface area contributed by atoms with Crippen LogP contribution in [-0.2, 0) is 34.2 Å². The van der Waals surface area contributed by atoms with Crippen molar-refractivity contribution in [1.82, 2.24) is 14.7 Å². The van der Waals surface area contributed by atoms with E-state index in [9.17, 15) is 9.59 Å². The number of nitrogens with zero attached hydrogens (tertiary/aromatic N) is 3. The summed E-state index contributed by atoms with van der Waals surface area (Å²) in [6.45, 7) is 1.32. The maximum atomic E-state index is 13.4. The molecule has 2 aliphatic heterocycles. The Morgan fingerprint density at radius 2 is 1.86 bits per heavy atom. The Morgan fingerprint density at radius 1 is 1.14 bits per heavy atom. The summed E-state index contributed by atoms with van der Waals surface area (Å²) in [6.07, 6.45) is 5.48. The monoisotopic (exact) mass is 393 g/mol. The molecule has 0 radical (unpaired) electrons. The average molecular weight is 393 g/mol. The molecule has 3 heterocycles. The van der Waals surface area contributed by atoms with Crippen molar-refractivity contribution < 1.29 is 14.3 Å². The van der Waals surface area contributed by atoms with Crippen molar-refractivity contribution in [3.8, 4) is 11.3 Å². The summed E-state index contributed by atoms with van der Waals surface area (Å²) >= 11 is 0. The molecule has 1 unspecified atom stereocenters. The third-order valence-corrected chi connectivity index (χ3v) is 6.91. The zero-order valence-electron chi connectivity index (χ0n) is 16.9. The number of carbonyl (C=O) groups is 2. The van der Waals surface area contributed by atoms with Gasteiger partial charge in [-0.25, -0.2) is 0 Å². The summed E-state index contributed by atoms with van der Waals surface area (Å²) in [5.41, 5.74) is 4.08. The van der Waals surface area contributed by atoms with Crippen LogP contribution >= 0.6 is 0 Å². The minimum atomic E-state index is -0.539. The van der Waals surface area contributed by atoms with E-state index in [4.69, 9.17) is 9.84 Å². The molecule has 1 aromatic heterocycles. The molecular weight excluding hydrogens is 366 g/mol. The molecule has 1 atom stereocenters. The number of esters is 1. The minimum absolute atomic E-state index is 0.0912. The predicted octanol–water partition coefficient (Wildman–Crippen LogP) is 2.89. The minimum Gasteiger partial charge on any atom is -0.458 e. The normalized spacial score (nSPS) is 23.1. The number of ether oxygens (including phenoxy) is 1. The van der Waals surface area contributed by atoms with E-state index in [2.05, 4.69) is 12.1 Å². The van der Waals surface area contributed by atoms with E-state index < -0.39 is 5.60 Å². The molecule has 29 heavy (non-hydrogen) atoms. The van der Waals surface area contributed by atoms with Gasteiger partial charge in [0.25, 0.3) is 0 Å². The van der Waals surface area contributed by atoms with E-state index in [1.54, 1.807) is 0 Å². The van der Waals surface area contributed by atoms with Gasteiger partial charge in [0.15, 0.2) is 0 Å². The van der Waals surface area contributed by atoms with Gasteiger partial charge < -0.3 is 9.64 Å². The standard InChI is InChI=1S/C23H27N3O3/c1-25-21(16-7-3-2-4-8-16)17-9-13-26(14-10-19(17)24-25)22(28)18-15-20(27)29-23(18)11-5-6-12-23/h2-4,7-8,18H,5-6,9-15H2,1H3. The first kappa shape index (κ1) is 18.4.